The van der Waals surface area contributed by atoms with Crippen LogP contribution in [0.25, 0.3) is 11.1 Å². The number of carboxylic acid groups (broad SMARTS) is 1. The highest BCUT2D eigenvalue weighted by Gasteiger charge is 2.25. The van der Waals surface area contributed by atoms with Crippen LogP contribution < -0.4 is 9.46 Å². The molecule has 0 spiro atoms. The van der Waals surface area contributed by atoms with Gasteiger partial charge in [0, 0.05) is 5.69 Å². The molecular weight excluding hydrogens is 433 g/mol. The van der Waals surface area contributed by atoms with Crippen molar-refractivity contribution >= 4 is 33.3 Å². The average Bonchev–Trinajstić information content (AvgIpc) is 2.70. The third-order valence-corrected chi connectivity index (χ3v) is 5.87. The molecule has 2 N–H and O–H groups in total. The molecule has 0 aromatic heterocycles. The van der Waals surface area contributed by atoms with E-state index < -0.39 is 37.3 Å². The fourth-order valence-corrected chi connectivity index (χ4v) is 4.21. The van der Waals surface area contributed by atoms with Gasteiger partial charge in [0.15, 0.2) is 0 Å². The number of rotatable bonds is 7. The zero-order valence-electron chi connectivity index (χ0n) is 15.7. The molecule has 0 aliphatic rings. The monoisotopic (exact) mass is 449 g/mol. The van der Waals surface area contributed by atoms with Crippen LogP contribution in [-0.4, -0.2) is 26.1 Å². The molecule has 0 aliphatic heterocycles. The number of carbonyl (C=O) groups is 1. The Morgan fingerprint density at radius 3 is 2.43 bits per heavy atom. The highest BCUT2D eigenvalue weighted by molar-refractivity contribution is 7.92. The molecule has 3 aromatic rings. The van der Waals surface area contributed by atoms with Gasteiger partial charge in [-0.15, -0.1) is 0 Å². The smallest absolute Gasteiger partial charge is 0.337 e. The van der Waals surface area contributed by atoms with Crippen molar-refractivity contribution in [1.29, 1.82) is 0 Å². The Bertz CT molecular complexity index is 1200. The zero-order valence-corrected chi connectivity index (χ0v) is 17.3. The summed E-state index contributed by atoms with van der Waals surface area (Å²) in [4.78, 5) is 10.7. The van der Waals surface area contributed by atoms with Gasteiger partial charge in [-0.3, -0.25) is 4.72 Å². The van der Waals surface area contributed by atoms with Gasteiger partial charge in [-0.2, -0.15) is 0 Å². The summed E-state index contributed by atoms with van der Waals surface area (Å²) in [7, 11) is -4.37. The van der Waals surface area contributed by atoms with Gasteiger partial charge in [0.25, 0.3) is 10.0 Å². The van der Waals surface area contributed by atoms with Crippen molar-refractivity contribution in [3.8, 4) is 16.9 Å². The van der Waals surface area contributed by atoms with Crippen LogP contribution in [0, 0.1) is 5.82 Å². The average molecular weight is 450 g/mol. The Balaban J connectivity index is 1.89. The van der Waals surface area contributed by atoms with Crippen LogP contribution in [0.15, 0.2) is 65.6 Å². The van der Waals surface area contributed by atoms with Gasteiger partial charge in [0.1, 0.15) is 16.5 Å². The number of aromatic carboxylic acids is 1. The van der Waals surface area contributed by atoms with Crippen LogP contribution in [0.5, 0.6) is 5.75 Å². The van der Waals surface area contributed by atoms with Gasteiger partial charge in [0.2, 0.25) is 0 Å². The first-order valence-corrected chi connectivity index (χ1v) is 10.7. The van der Waals surface area contributed by atoms with E-state index in [9.17, 15) is 22.7 Å². The number of sulfonamides is 1. The normalized spacial score (nSPS) is 11.2. The largest absolute Gasteiger partial charge is 0.494 e. The van der Waals surface area contributed by atoms with E-state index in [1.807, 2.05) is 31.2 Å². The molecule has 0 amide bonds. The molecule has 30 heavy (non-hydrogen) atoms. The van der Waals surface area contributed by atoms with Gasteiger partial charge in [0.05, 0.1) is 17.2 Å². The lowest BCUT2D eigenvalue weighted by Crippen LogP contribution is -2.17. The first kappa shape index (κ1) is 21.6. The molecular formula is C21H17ClFNO5S. The molecule has 0 saturated heterocycles. The predicted octanol–water partition coefficient (Wildman–Crippen LogP) is 5.04. The van der Waals surface area contributed by atoms with Crippen molar-refractivity contribution in [2.75, 3.05) is 11.3 Å². The van der Waals surface area contributed by atoms with Crippen molar-refractivity contribution in [1.82, 2.24) is 0 Å². The summed E-state index contributed by atoms with van der Waals surface area (Å²) in [6.07, 6.45) is 0. The standard InChI is InChI=1S/C21H17ClFNO5S/c1-2-29-16-5-3-4-14(10-16)13-6-8-15(9-7-13)24-30(27,28)20-12-19(23)18(22)11-17(20)21(25)26/h3-12,24H,2H2,1H3,(H,25,26). The lowest BCUT2D eigenvalue weighted by Gasteiger charge is -2.12. The second-order valence-corrected chi connectivity index (χ2v) is 8.27. The van der Waals surface area contributed by atoms with Gasteiger partial charge < -0.3 is 9.84 Å². The van der Waals surface area contributed by atoms with E-state index in [0.29, 0.717) is 18.4 Å². The first-order chi connectivity index (χ1) is 14.2. The Hall–Kier alpha value is -3.10. The maximum Gasteiger partial charge on any atom is 0.337 e. The number of benzene rings is 3. The van der Waals surface area contributed by atoms with Crippen molar-refractivity contribution in [2.45, 2.75) is 11.8 Å². The molecule has 0 radical (unpaired) electrons. The summed E-state index contributed by atoms with van der Waals surface area (Å²) in [6, 6.07) is 15.2. The van der Waals surface area contributed by atoms with Gasteiger partial charge in [-0.1, -0.05) is 35.9 Å². The SMILES string of the molecule is CCOc1cccc(-c2ccc(NS(=O)(=O)c3cc(F)c(Cl)cc3C(=O)O)cc2)c1. The second-order valence-electron chi connectivity index (χ2n) is 6.21. The van der Waals surface area contributed by atoms with Crippen molar-refractivity contribution in [3.05, 3.63) is 77.1 Å². The number of ether oxygens (including phenoxy) is 1. The van der Waals surface area contributed by atoms with E-state index in [0.717, 1.165) is 17.2 Å². The third kappa shape index (κ3) is 4.72. The fraction of sp³-hybridized carbons (Fsp3) is 0.0952. The van der Waals surface area contributed by atoms with E-state index in [1.54, 1.807) is 12.1 Å². The Kier molecular flexibility index (Phi) is 6.28. The molecule has 0 fully saturated rings. The Morgan fingerprint density at radius 1 is 1.10 bits per heavy atom. The lowest BCUT2D eigenvalue weighted by molar-refractivity contribution is 0.0692. The minimum absolute atomic E-state index is 0.186. The molecule has 0 heterocycles. The number of nitrogens with one attached hydrogen (secondary N) is 1. The predicted molar refractivity (Wildman–Crippen MR) is 112 cm³/mol. The van der Waals surface area contributed by atoms with Crippen molar-refractivity contribution in [2.24, 2.45) is 0 Å². The number of hydrogen-bond acceptors (Lipinski definition) is 4. The third-order valence-electron chi connectivity index (χ3n) is 4.16. The van der Waals surface area contributed by atoms with E-state index in [-0.39, 0.29) is 5.69 Å². The second kappa shape index (κ2) is 8.73. The molecule has 9 heteroatoms. The van der Waals surface area contributed by atoms with Crippen molar-refractivity contribution in [3.63, 3.8) is 0 Å². The summed E-state index contributed by atoms with van der Waals surface area (Å²) >= 11 is 5.58. The quantitative estimate of drug-likeness (QED) is 0.527. The first-order valence-electron chi connectivity index (χ1n) is 8.79. The number of hydrogen-bond donors (Lipinski definition) is 2. The molecule has 3 rings (SSSR count). The molecule has 0 aliphatic carbocycles. The van der Waals surface area contributed by atoms with Crippen LogP contribution in [0.2, 0.25) is 5.02 Å². The Labute approximate surface area is 177 Å². The van der Waals surface area contributed by atoms with Crippen LogP contribution in [0.1, 0.15) is 17.3 Å². The number of carboxylic acids is 1. The minimum atomic E-state index is -4.37. The van der Waals surface area contributed by atoms with Crippen molar-refractivity contribution < 1.29 is 27.4 Å². The highest BCUT2D eigenvalue weighted by atomic mass is 35.5. The van der Waals surface area contributed by atoms with Crippen LogP contribution in [0.3, 0.4) is 0 Å². The van der Waals surface area contributed by atoms with E-state index in [2.05, 4.69) is 4.72 Å². The molecule has 6 nitrogen and oxygen atoms in total. The van der Waals surface area contributed by atoms with Crippen LogP contribution >= 0.6 is 11.6 Å². The Morgan fingerprint density at radius 2 is 1.80 bits per heavy atom. The summed E-state index contributed by atoms with van der Waals surface area (Å²) in [5, 5.41) is 8.77. The van der Waals surface area contributed by atoms with E-state index in [4.69, 9.17) is 16.3 Å². The summed E-state index contributed by atoms with van der Waals surface area (Å²) in [5.74, 6) is -1.86. The summed E-state index contributed by atoms with van der Waals surface area (Å²) in [6.45, 7) is 2.42. The highest BCUT2D eigenvalue weighted by Crippen LogP contribution is 2.28. The maximum atomic E-state index is 13.8. The molecule has 0 unspecified atom stereocenters. The fourth-order valence-electron chi connectivity index (χ4n) is 2.79. The zero-order chi connectivity index (χ0) is 21.9. The lowest BCUT2D eigenvalue weighted by atomic mass is 10.1. The van der Waals surface area contributed by atoms with Crippen LogP contribution in [-0.2, 0) is 10.0 Å². The molecule has 0 saturated carbocycles. The molecule has 0 atom stereocenters. The summed E-state index contributed by atoms with van der Waals surface area (Å²) < 4.78 is 46.9. The van der Waals surface area contributed by atoms with Crippen LogP contribution in [0.4, 0.5) is 10.1 Å². The van der Waals surface area contributed by atoms with E-state index >= 15 is 0 Å². The summed E-state index contributed by atoms with van der Waals surface area (Å²) in [5.41, 5.74) is 1.26. The topological polar surface area (TPSA) is 92.7 Å². The molecule has 0 bridgehead atoms. The van der Waals surface area contributed by atoms with E-state index in [1.165, 1.54) is 12.1 Å². The van der Waals surface area contributed by atoms with Gasteiger partial charge in [-0.25, -0.2) is 17.6 Å². The van der Waals surface area contributed by atoms with Gasteiger partial charge >= 0.3 is 5.97 Å². The molecule has 3 aromatic carbocycles. The number of halogens is 2. The number of anilines is 1. The minimum Gasteiger partial charge on any atom is -0.494 e. The maximum absolute atomic E-state index is 13.8. The molecule has 156 valence electrons. The van der Waals surface area contributed by atoms with Gasteiger partial charge in [-0.05, 0) is 54.4 Å².